The van der Waals surface area contributed by atoms with Crippen LogP contribution in [0.2, 0.25) is 0 Å². The number of hydrogen-bond acceptors (Lipinski definition) is 2. The molecule has 2 heterocycles. The smallest absolute Gasteiger partial charge is 0.303 e. The van der Waals surface area contributed by atoms with E-state index in [0.29, 0.717) is 0 Å². The van der Waals surface area contributed by atoms with E-state index in [1.165, 1.54) is 64.5 Å². The predicted octanol–water partition coefficient (Wildman–Crippen LogP) is 4.41. The fourth-order valence-corrected chi connectivity index (χ4v) is 5.37. The topological polar surface area (TPSA) is 30.2 Å². The predicted molar refractivity (Wildman–Crippen MR) is 112 cm³/mol. The molecule has 2 fully saturated rings. The molecule has 2 aromatic rings. The number of aryl methyl sites for hydroxylation is 2. The lowest BCUT2D eigenvalue weighted by Gasteiger charge is -2.34. The van der Waals surface area contributed by atoms with Crippen LogP contribution >= 0.6 is 0 Å². The van der Waals surface area contributed by atoms with Crippen LogP contribution in [0, 0.1) is 11.8 Å². The molecule has 1 saturated carbocycles. The third-order valence-corrected chi connectivity index (χ3v) is 7.01. The largest absolute Gasteiger partial charge is 0.328 e. The summed E-state index contributed by atoms with van der Waals surface area (Å²) in [4.78, 5) is 15.1. The van der Waals surface area contributed by atoms with E-state index in [1.807, 2.05) is 29.8 Å². The number of likely N-dealkylation sites (tertiary alicyclic amines) is 1. The lowest BCUT2D eigenvalue weighted by molar-refractivity contribution is 0.155. The minimum atomic E-state index is 0.113. The molecule has 0 bridgehead atoms. The first kappa shape index (κ1) is 18.8. The van der Waals surface area contributed by atoms with Crippen molar-refractivity contribution in [2.24, 2.45) is 18.9 Å². The fourth-order valence-electron chi connectivity index (χ4n) is 5.37. The van der Waals surface area contributed by atoms with Gasteiger partial charge in [-0.25, -0.2) is 4.79 Å². The number of fused-ring (bicyclic) bond motifs is 1. The van der Waals surface area contributed by atoms with E-state index in [2.05, 4.69) is 11.0 Å². The van der Waals surface area contributed by atoms with Gasteiger partial charge in [0, 0.05) is 13.6 Å². The molecule has 4 nitrogen and oxygen atoms in total. The molecule has 1 aliphatic carbocycles. The highest BCUT2D eigenvalue weighted by atomic mass is 16.1. The number of piperidine rings is 1. The number of rotatable bonds is 6. The quantitative estimate of drug-likeness (QED) is 0.755. The number of imidazole rings is 1. The summed E-state index contributed by atoms with van der Waals surface area (Å²) in [6, 6.07) is 8.12. The van der Waals surface area contributed by atoms with E-state index in [0.717, 1.165) is 42.4 Å². The van der Waals surface area contributed by atoms with Crippen LogP contribution in [0.4, 0.5) is 0 Å². The Balaban J connectivity index is 1.24. The van der Waals surface area contributed by atoms with Gasteiger partial charge >= 0.3 is 5.69 Å². The minimum absolute atomic E-state index is 0.113. The summed E-state index contributed by atoms with van der Waals surface area (Å²) in [6.45, 7) is 4.44. The van der Waals surface area contributed by atoms with Gasteiger partial charge in [-0.2, -0.15) is 0 Å². The van der Waals surface area contributed by atoms with Crippen molar-refractivity contribution in [3.05, 3.63) is 34.7 Å². The van der Waals surface area contributed by atoms with E-state index in [4.69, 9.17) is 0 Å². The third kappa shape index (κ3) is 4.31. The van der Waals surface area contributed by atoms with E-state index >= 15 is 0 Å². The maximum Gasteiger partial charge on any atom is 0.328 e. The molecule has 4 heteroatoms. The van der Waals surface area contributed by atoms with Crippen molar-refractivity contribution in [1.82, 2.24) is 14.0 Å². The second kappa shape index (κ2) is 8.64. The van der Waals surface area contributed by atoms with E-state index in [9.17, 15) is 4.79 Å². The van der Waals surface area contributed by atoms with Crippen LogP contribution in [0.1, 0.15) is 57.8 Å². The van der Waals surface area contributed by atoms with Gasteiger partial charge in [-0.3, -0.25) is 9.13 Å². The average molecular weight is 370 g/mol. The van der Waals surface area contributed by atoms with Crippen LogP contribution in [0.5, 0.6) is 0 Å². The van der Waals surface area contributed by atoms with Crippen LogP contribution in [-0.2, 0) is 13.6 Å². The van der Waals surface area contributed by atoms with Crippen molar-refractivity contribution in [1.29, 1.82) is 0 Å². The van der Waals surface area contributed by atoms with Gasteiger partial charge in [0.05, 0.1) is 11.0 Å². The van der Waals surface area contributed by atoms with E-state index in [-0.39, 0.29) is 5.69 Å². The monoisotopic (exact) mass is 369 g/mol. The summed E-state index contributed by atoms with van der Waals surface area (Å²) >= 11 is 0. The Kier molecular flexibility index (Phi) is 6.01. The van der Waals surface area contributed by atoms with Gasteiger partial charge in [0.25, 0.3) is 0 Å². The molecule has 1 aromatic heterocycles. The molecule has 1 saturated heterocycles. The summed E-state index contributed by atoms with van der Waals surface area (Å²) < 4.78 is 3.72. The Morgan fingerprint density at radius 2 is 1.56 bits per heavy atom. The number of para-hydroxylation sites is 2. The zero-order valence-electron chi connectivity index (χ0n) is 16.9. The Morgan fingerprint density at radius 3 is 2.30 bits per heavy atom. The summed E-state index contributed by atoms with van der Waals surface area (Å²) in [5, 5.41) is 0. The first-order valence-corrected chi connectivity index (χ1v) is 11.1. The van der Waals surface area contributed by atoms with Crippen molar-refractivity contribution in [2.75, 3.05) is 19.6 Å². The van der Waals surface area contributed by atoms with Crippen LogP contribution in [-0.4, -0.2) is 33.7 Å². The number of nitrogens with zero attached hydrogens (tertiary/aromatic N) is 3. The molecule has 0 radical (unpaired) electrons. The van der Waals surface area contributed by atoms with Crippen molar-refractivity contribution in [3.8, 4) is 0 Å². The SMILES string of the molecule is Cn1c(=O)n(CCCN2CCC(CC3CCCCC3)CC2)c2ccccc21. The molecule has 1 aliphatic heterocycles. The van der Waals surface area contributed by atoms with Gasteiger partial charge in [0.2, 0.25) is 0 Å². The molecule has 0 N–H and O–H groups in total. The minimum Gasteiger partial charge on any atom is -0.303 e. The van der Waals surface area contributed by atoms with Gasteiger partial charge in [0.1, 0.15) is 0 Å². The first-order valence-electron chi connectivity index (χ1n) is 11.1. The molecule has 0 unspecified atom stereocenters. The fraction of sp³-hybridized carbons (Fsp3) is 0.696. The molecule has 4 rings (SSSR count). The number of hydrogen-bond donors (Lipinski definition) is 0. The van der Waals surface area contributed by atoms with Gasteiger partial charge in [-0.05, 0) is 69.3 Å². The zero-order valence-corrected chi connectivity index (χ0v) is 16.9. The second-order valence-electron chi connectivity index (χ2n) is 8.86. The Bertz CT molecular complexity index is 792. The highest BCUT2D eigenvalue weighted by molar-refractivity contribution is 5.75. The van der Waals surface area contributed by atoms with E-state index < -0.39 is 0 Å². The van der Waals surface area contributed by atoms with Crippen molar-refractivity contribution in [2.45, 2.75) is 64.3 Å². The molecule has 0 amide bonds. The summed E-state index contributed by atoms with van der Waals surface area (Å²) in [5.41, 5.74) is 2.21. The van der Waals surface area contributed by atoms with Crippen LogP contribution in [0.25, 0.3) is 11.0 Å². The normalized spacial score (nSPS) is 20.5. The average Bonchev–Trinajstić information content (AvgIpc) is 2.95. The van der Waals surface area contributed by atoms with Crippen LogP contribution < -0.4 is 5.69 Å². The maximum atomic E-state index is 12.5. The zero-order chi connectivity index (χ0) is 18.6. The second-order valence-corrected chi connectivity index (χ2v) is 8.86. The molecule has 1 aromatic carbocycles. The van der Waals surface area contributed by atoms with Gasteiger partial charge in [0.15, 0.2) is 0 Å². The molecule has 0 spiro atoms. The summed E-state index contributed by atoms with van der Waals surface area (Å²) in [5.74, 6) is 1.98. The summed E-state index contributed by atoms with van der Waals surface area (Å²) in [6.07, 6.45) is 12.7. The highest BCUT2D eigenvalue weighted by Gasteiger charge is 2.23. The molecule has 2 aliphatic rings. The van der Waals surface area contributed by atoms with Gasteiger partial charge < -0.3 is 4.90 Å². The lowest BCUT2D eigenvalue weighted by atomic mass is 9.80. The van der Waals surface area contributed by atoms with Crippen molar-refractivity contribution >= 4 is 11.0 Å². The third-order valence-electron chi connectivity index (χ3n) is 7.01. The van der Waals surface area contributed by atoms with Crippen molar-refractivity contribution < 1.29 is 0 Å². The molecule has 148 valence electrons. The summed E-state index contributed by atoms with van der Waals surface area (Å²) in [7, 11) is 1.87. The van der Waals surface area contributed by atoms with Crippen LogP contribution in [0.3, 0.4) is 0 Å². The van der Waals surface area contributed by atoms with E-state index in [1.54, 1.807) is 4.57 Å². The first-order chi connectivity index (χ1) is 13.2. The Hall–Kier alpha value is -1.55. The molecule has 27 heavy (non-hydrogen) atoms. The number of aromatic nitrogens is 2. The van der Waals surface area contributed by atoms with Crippen molar-refractivity contribution in [3.63, 3.8) is 0 Å². The number of benzene rings is 1. The van der Waals surface area contributed by atoms with Crippen LogP contribution in [0.15, 0.2) is 29.1 Å². The molecule has 0 atom stereocenters. The Morgan fingerprint density at radius 1 is 0.889 bits per heavy atom. The maximum absolute atomic E-state index is 12.5. The Labute approximate surface area is 163 Å². The highest BCUT2D eigenvalue weighted by Crippen LogP contribution is 2.32. The standard InChI is InChI=1S/C23H35N3O/c1-24-21-10-5-6-11-22(21)26(23(24)27)15-7-14-25-16-12-20(13-17-25)18-19-8-3-2-4-9-19/h5-6,10-11,19-20H,2-4,7-9,12-18H2,1H3. The lowest BCUT2D eigenvalue weighted by Crippen LogP contribution is -2.35. The van der Waals surface area contributed by atoms with Gasteiger partial charge in [-0.1, -0.05) is 44.2 Å². The molecular formula is C23H35N3O. The van der Waals surface area contributed by atoms with Gasteiger partial charge in [-0.15, -0.1) is 0 Å². The molecular weight excluding hydrogens is 334 g/mol.